The van der Waals surface area contributed by atoms with E-state index in [1.165, 1.54) is 12.1 Å². The second kappa shape index (κ2) is 12.6. The van der Waals surface area contributed by atoms with Crippen molar-refractivity contribution in [1.82, 2.24) is 3.12 Å². The number of carbonyl (C=O) groups excluding carboxylic acids is 4. The first-order chi connectivity index (χ1) is 16.4. The van der Waals surface area contributed by atoms with Gasteiger partial charge in [0.1, 0.15) is 0 Å². The number of amides is 1. The number of benzene rings is 1. The molecule has 0 N–H and O–H groups in total. The van der Waals surface area contributed by atoms with Gasteiger partial charge in [0.25, 0.3) is 0 Å². The number of hydrogen-bond donors (Lipinski definition) is 0. The summed E-state index contributed by atoms with van der Waals surface area (Å²) in [7, 11) is 0. The first-order valence-electron chi connectivity index (χ1n) is 11.7. The van der Waals surface area contributed by atoms with Crippen LogP contribution in [0.15, 0.2) is 18.2 Å². The number of ether oxygens (including phenoxy) is 5. The van der Waals surface area contributed by atoms with Gasteiger partial charge in [-0.05, 0) is 0 Å². The number of nitrogens with zero attached hydrogens (tertiary/aromatic N) is 1. The summed E-state index contributed by atoms with van der Waals surface area (Å²) in [5.74, 6) is -0.708. The van der Waals surface area contributed by atoms with Crippen molar-refractivity contribution in [3.8, 4) is 11.5 Å². The Morgan fingerprint density at radius 3 is 1.83 bits per heavy atom. The Balaban J connectivity index is 3.40. The topological polar surface area (TPSA) is 118 Å². The summed E-state index contributed by atoms with van der Waals surface area (Å²) in [6.07, 6.45) is -1.20. The van der Waals surface area contributed by atoms with Crippen molar-refractivity contribution in [3.05, 3.63) is 23.8 Å². The molecule has 0 radical (unpaired) electrons. The van der Waals surface area contributed by atoms with Crippen molar-refractivity contribution >= 4 is 43.3 Å². The van der Waals surface area contributed by atoms with Crippen LogP contribution in [0.4, 0.5) is 9.59 Å². The van der Waals surface area contributed by atoms with Crippen LogP contribution in [0.25, 0.3) is 0 Å². The van der Waals surface area contributed by atoms with Gasteiger partial charge in [0.05, 0.1) is 0 Å². The van der Waals surface area contributed by atoms with Gasteiger partial charge in [-0.15, -0.1) is 0 Å². The molecule has 0 bridgehead atoms. The van der Waals surface area contributed by atoms with Crippen LogP contribution in [-0.4, -0.2) is 70.3 Å². The van der Waals surface area contributed by atoms with E-state index in [2.05, 4.69) is 0 Å². The Bertz CT molecular complexity index is 942. The first kappa shape index (κ1) is 31.5. The summed E-state index contributed by atoms with van der Waals surface area (Å²) in [6.45, 7) is 11.9. The molecule has 1 atom stereocenters. The van der Waals surface area contributed by atoms with Crippen LogP contribution in [0.5, 0.6) is 11.5 Å². The van der Waals surface area contributed by atoms with Gasteiger partial charge in [-0.3, -0.25) is 0 Å². The SMILES string of the molecule is CCOC(=O)[C@H](Cc1ccc(OC(=O)OC(C)(C)C)c(OC(=O)OC(C)(C)C)c1)[N](C=O)[Sn]([CH3])([CH3])[CH3]. The molecule has 1 aromatic carbocycles. The minimum absolute atomic E-state index is 0.0752. The second-order valence-corrected chi connectivity index (χ2v) is 24.9. The van der Waals surface area contributed by atoms with E-state index in [9.17, 15) is 19.2 Å². The fourth-order valence-corrected chi connectivity index (χ4v) is 7.15. The van der Waals surface area contributed by atoms with Crippen molar-refractivity contribution in [1.29, 1.82) is 0 Å². The van der Waals surface area contributed by atoms with Crippen molar-refractivity contribution in [2.75, 3.05) is 6.61 Å². The molecule has 36 heavy (non-hydrogen) atoms. The Labute approximate surface area is 217 Å². The summed E-state index contributed by atoms with van der Waals surface area (Å²) in [5.41, 5.74) is -1.07. The van der Waals surface area contributed by atoms with E-state index < -0.39 is 54.2 Å². The van der Waals surface area contributed by atoms with Crippen molar-refractivity contribution in [2.24, 2.45) is 0 Å². The third kappa shape index (κ3) is 11.0. The molecule has 0 saturated carbocycles. The summed E-state index contributed by atoms with van der Waals surface area (Å²) >= 11 is -3.05. The number of esters is 1. The average Bonchev–Trinajstić information content (AvgIpc) is 2.65. The van der Waals surface area contributed by atoms with Gasteiger partial charge in [0.2, 0.25) is 0 Å². The van der Waals surface area contributed by atoms with Crippen molar-refractivity contribution in [2.45, 2.75) is 86.9 Å². The third-order valence-electron chi connectivity index (χ3n) is 4.39. The van der Waals surface area contributed by atoms with E-state index in [0.29, 0.717) is 12.0 Å². The zero-order chi connectivity index (χ0) is 27.9. The Hall–Kier alpha value is -2.50. The van der Waals surface area contributed by atoms with Crippen molar-refractivity contribution < 1.29 is 42.9 Å². The third-order valence-corrected chi connectivity index (χ3v) is 10.00. The molecule has 1 aromatic rings. The van der Waals surface area contributed by atoms with Gasteiger partial charge in [0.15, 0.2) is 0 Å². The molecule has 1 amide bonds. The quantitative estimate of drug-likeness (QED) is 0.123. The van der Waals surface area contributed by atoms with Crippen LogP contribution in [0.2, 0.25) is 14.8 Å². The van der Waals surface area contributed by atoms with Crippen molar-refractivity contribution in [3.63, 3.8) is 0 Å². The summed E-state index contributed by atoms with van der Waals surface area (Å²) in [5, 5.41) is 0. The zero-order valence-electron chi connectivity index (χ0n) is 22.9. The normalized spacial score (nSPS) is 12.7. The molecule has 0 aliphatic rings. The van der Waals surface area contributed by atoms with E-state index in [0.717, 1.165) is 0 Å². The van der Waals surface area contributed by atoms with Gasteiger partial charge in [-0.1, -0.05) is 0 Å². The van der Waals surface area contributed by atoms with Gasteiger partial charge in [-0.2, -0.15) is 0 Å². The summed E-state index contributed by atoms with van der Waals surface area (Å²) < 4.78 is 27.8. The molecule has 0 saturated heterocycles. The summed E-state index contributed by atoms with van der Waals surface area (Å²) in [6, 6.07) is 3.63. The molecule has 202 valence electrons. The minimum atomic E-state index is -3.05. The fourth-order valence-electron chi connectivity index (χ4n) is 3.02. The molecule has 0 fully saturated rings. The Morgan fingerprint density at radius 2 is 1.42 bits per heavy atom. The van der Waals surface area contributed by atoms with Crippen LogP contribution < -0.4 is 9.47 Å². The first-order valence-corrected chi connectivity index (χ1v) is 21.5. The van der Waals surface area contributed by atoms with Gasteiger partial charge < -0.3 is 0 Å². The zero-order valence-corrected chi connectivity index (χ0v) is 25.8. The predicted octanol–water partition coefficient (Wildman–Crippen LogP) is 5.08. The Morgan fingerprint density at radius 1 is 0.917 bits per heavy atom. The average molecular weight is 616 g/mol. The van der Waals surface area contributed by atoms with E-state index in [1.807, 2.05) is 14.8 Å². The van der Waals surface area contributed by atoms with Crippen LogP contribution in [0.1, 0.15) is 54.0 Å². The molecule has 1 rings (SSSR count). The standard InChI is InChI=1S/C22H31NO9.3CH3.Sn/c1-8-28-18(25)15(23-13-24)11-14-9-10-16(29-19(26)31-21(2,3)4)17(12-14)30-20(27)32-22(5,6)7;;;;/h9-10,12-13,15H,8,11H2,1-7H3,(H,23,24);3*1H3;/q;;;;+1/p-1/t15-;;;;/m0..../s1. The van der Waals surface area contributed by atoms with E-state index in [1.54, 1.807) is 57.7 Å². The number of carbonyl (C=O) groups is 4. The fraction of sp³-hybridized carbons (Fsp3) is 0.600. The van der Waals surface area contributed by atoms with E-state index >= 15 is 0 Å². The molecule has 0 unspecified atom stereocenters. The predicted molar refractivity (Wildman–Crippen MR) is 136 cm³/mol. The molecule has 0 aromatic heterocycles. The maximum absolute atomic E-state index is 12.8. The molecular formula is C25H39NO9Sn. The molecule has 0 aliphatic heterocycles. The molecule has 0 spiro atoms. The van der Waals surface area contributed by atoms with Gasteiger partial charge >= 0.3 is 218 Å². The van der Waals surface area contributed by atoms with Crippen LogP contribution in [-0.2, 0) is 30.2 Å². The van der Waals surface area contributed by atoms with Gasteiger partial charge in [0, 0.05) is 0 Å². The molecular weight excluding hydrogens is 577 g/mol. The molecule has 11 heteroatoms. The van der Waals surface area contributed by atoms with Crippen LogP contribution in [0, 0.1) is 0 Å². The molecule has 0 aliphatic carbocycles. The molecule has 10 nitrogen and oxygen atoms in total. The number of hydrogen-bond acceptors (Lipinski definition) is 9. The second-order valence-electron chi connectivity index (χ2n) is 11.1. The van der Waals surface area contributed by atoms with Crippen LogP contribution >= 0.6 is 0 Å². The Kier molecular flexibility index (Phi) is 11.1. The van der Waals surface area contributed by atoms with E-state index in [-0.39, 0.29) is 24.5 Å². The monoisotopic (exact) mass is 617 g/mol. The van der Waals surface area contributed by atoms with Crippen LogP contribution in [0.3, 0.4) is 0 Å². The number of rotatable bonds is 9. The maximum atomic E-state index is 12.8. The van der Waals surface area contributed by atoms with E-state index in [4.69, 9.17) is 23.7 Å². The molecule has 0 heterocycles. The van der Waals surface area contributed by atoms with Gasteiger partial charge in [-0.25, -0.2) is 0 Å². The summed E-state index contributed by atoms with van der Waals surface area (Å²) in [4.78, 5) is 55.3.